The summed E-state index contributed by atoms with van der Waals surface area (Å²) in [5.41, 5.74) is -0.691. The summed E-state index contributed by atoms with van der Waals surface area (Å²) in [4.78, 5) is 13.1. The molecule has 24 heavy (non-hydrogen) atoms. The van der Waals surface area contributed by atoms with Crippen molar-refractivity contribution in [1.82, 2.24) is 10.2 Å². The number of nitrogens with zero attached hydrogens (tertiary/aromatic N) is 2. The number of hydrogen-bond donors (Lipinski definition) is 1. The second-order valence-electron chi connectivity index (χ2n) is 7.07. The van der Waals surface area contributed by atoms with E-state index in [4.69, 9.17) is 10.00 Å². The fourth-order valence-electron chi connectivity index (χ4n) is 2.98. The molecule has 0 aromatic heterocycles. The number of alkyl halides is 3. The van der Waals surface area contributed by atoms with Crippen molar-refractivity contribution in [2.75, 3.05) is 19.6 Å². The molecule has 0 aromatic rings. The Balaban J connectivity index is 2.69. The van der Waals surface area contributed by atoms with Gasteiger partial charge in [-0.2, -0.15) is 18.4 Å². The third-order valence-electron chi connectivity index (χ3n) is 3.84. The number of unbranched alkanes of at least 4 members (excludes halogenated alkanes) is 1. The van der Waals surface area contributed by atoms with Crippen LogP contribution in [0.1, 0.15) is 46.5 Å². The number of hydrogen-bond acceptors (Lipinski definition) is 4. The average molecular weight is 349 g/mol. The molecule has 8 heteroatoms. The molecular formula is C16H26F3N3O2. The van der Waals surface area contributed by atoms with E-state index in [2.05, 4.69) is 5.32 Å². The molecule has 1 N–H and O–H groups in total. The highest BCUT2D eigenvalue weighted by Gasteiger charge is 2.49. The minimum Gasteiger partial charge on any atom is -0.444 e. The quantitative estimate of drug-likeness (QED) is 0.772. The number of nitrogens with one attached hydrogen (secondary N) is 1. The number of amides is 1. The van der Waals surface area contributed by atoms with Crippen LogP contribution in [0.3, 0.4) is 0 Å². The number of rotatable bonds is 5. The van der Waals surface area contributed by atoms with E-state index in [1.165, 1.54) is 4.90 Å². The molecule has 1 rings (SSSR count). The molecule has 2 atom stereocenters. The van der Waals surface area contributed by atoms with Crippen LogP contribution in [0.5, 0.6) is 0 Å². The number of carbonyl (C=O) groups is 1. The topological polar surface area (TPSA) is 65.4 Å². The molecule has 0 saturated carbocycles. The first-order valence-electron chi connectivity index (χ1n) is 8.19. The Bertz CT molecular complexity index is 455. The Morgan fingerprint density at radius 2 is 2.04 bits per heavy atom. The van der Waals surface area contributed by atoms with Crippen LogP contribution in [0, 0.1) is 17.2 Å². The van der Waals surface area contributed by atoms with Crippen molar-refractivity contribution in [1.29, 1.82) is 5.26 Å². The molecule has 1 heterocycles. The third kappa shape index (κ3) is 6.95. The molecule has 5 nitrogen and oxygen atoms in total. The van der Waals surface area contributed by atoms with Gasteiger partial charge >= 0.3 is 12.3 Å². The summed E-state index contributed by atoms with van der Waals surface area (Å²) >= 11 is 0. The maximum absolute atomic E-state index is 13.5. The summed E-state index contributed by atoms with van der Waals surface area (Å²) in [5.74, 6) is -0.714. The van der Waals surface area contributed by atoms with Gasteiger partial charge in [0.25, 0.3) is 0 Å². The number of halogens is 3. The molecule has 0 spiro atoms. The van der Waals surface area contributed by atoms with Gasteiger partial charge in [-0.15, -0.1) is 0 Å². The van der Waals surface area contributed by atoms with Crippen LogP contribution in [-0.4, -0.2) is 48.4 Å². The first-order chi connectivity index (χ1) is 11.0. The monoisotopic (exact) mass is 349 g/mol. The van der Waals surface area contributed by atoms with E-state index in [0.29, 0.717) is 25.8 Å². The average Bonchev–Trinajstić information content (AvgIpc) is 2.42. The second kappa shape index (κ2) is 8.56. The van der Waals surface area contributed by atoms with Gasteiger partial charge in [-0.25, -0.2) is 4.79 Å². The summed E-state index contributed by atoms with van der Waals surface area (Å²) in [6.45, 7) is 5.61. The van der Waals surface area contributed by atoms with Crippen molar-refractivity contribution in [3.8, 4) is 6.07 Å². The smallest absolute Gasteiger partial charge is 0.407 e. The molecule has 138 valence electrons. The van der Waals surface area contributed by atoms with E-state index in [1.54, 1.807) is 20.8 Å². The van der Waals surface area contributed by atoms with Crippen molar-refractivity contribution < 1.29 is 22.7 Å². The lowest BCUT2D eigenvalue weighted by Crippen LogP contribution is -2.56. The van der Waals surface area contributed by atoms with Crippen LogP contribution in [0.2, 0.25) is 0 Å². The minimum absolute atomic E-state index is 0.0756. The van der Waals surface area contributed by atoms with Gasteiger partial charge < -0.3 is 10.1 Å². The Labute approximate surface area is 141 Å². The minimum atomic E-state index is -4.37. The summed E-state index contributed by atoms with van der Waals surface area (Å²) in [5, 5.41) is 11.0. The normalized spacial score (nSPS) is 22.7. The van der Waals surface area contributed by atoms with Gasteiger partial charge in [0.15, 0.2) is 0 Å². The van der Waals surface area contributed by atoms with Crippen LogP contribution < -0.4 is 5.32 Å². The highest BCUT2D eigenvalue weighted by Crippen LogP contribution is 2.35. The highest BCUT2D eigenvalue weighted by molar-refractivity contribution is 5.67. The number of nitriles is 1. The van der Waals surface area contributed by atoms with Crippen LogP contribution in [-0.2, 0) is 4.74 Å². The van der Waals surface area contributed by atoms with Gasteiger partial charge in [-0.3, -0.25) is 4.90 Å². The van der Waals surface area contributed by atoms with Crippen LogP contribution in [0.4, 0.5) is 18.0 Å². The Morgan fingerprint density at radius 1 is 1.38 bits per heavy atom. The summed E-state index contributed by atoms with van der Waals surface area (Å²) in [7, 11) is 0. The molecular weight excluding hydrogens is 323 g/mol. The Morgan fingerprint density at radius 3 is 2.58 bits per heavy atom. The predicted octanol–water partition coefficient (Wildman–Crippen LogP) is 3.46. The molecule has 0 aliphatic carbocycles. The Kier molecular flexibility index (Phi) is 7.33. The molecule has 0 bridgehead atoms. The zero-order valence-electron chi connectivity index (χ0n) is 14.4. The Hall–Kier alpha value is -1.49. The number of likely N-dealkylation sites (tertiary alicyclic amines) is 1. The number of alkyl carbamates (subject to hydrolysis) is 1. The number of carbonyl (C=O) groups excluding carboxylic acids is 1. The fraction of sp³-hybridized carbons (Fsp3) is 0.875. The van der Waals surface area contributed by atoms with Gasteiger partial charge in [-0.05, 0) is 53.1 Å². The zero-order valence-corrected chi connectivity index (χ0v) is 14.4. The molecule has 0 radical (unpaired) electrons. The van der Waals surface area contributed by atoms with Gasteiger partial charge in [-0.1, -0.05) is 0 Å². The largest absolute Gasteiger partial charge is 0.444 e. The van der Waals surface area contributed by atoms with Gasteiger partial charge in [0.1, 0.15) is 11.6 Å². The molecule has 0 unspecified atom stereocenters. The van der Waals surface area contributed by atoms with E-state index >= 15 is 0 Å². The first-order valence-corrected chi connectivity index (χ1v) is 8.19. The molecule has 1 aliphatic heterocycles. The zero-order chi connectivity index (χ0) is 18.4. The SMILES string of the molecule is CC(C)(C)OC(=O)NC[C@@H]1CCCN(CCCC#N)[C@@H]1C(F)(F)F. The van der Waals surface area contributed by atoms with Crippen LogP contribution in [0.25, 0.3) is 0 Å². The lowest BCUT2D eigenvalue weighted by atomic mass is 9.88. The van der Waals surface area contributed by atoms with Gasteiger partial charge in [0, 0.05) is 18.9 Å². The molecule has 1 amide bonds. The lowest BCUT2D eigenvalue weighted by Gasteiger charge is -2.42. The third-order valence-corrected chi connectivity index (χ3v) is 3.84. The number of ether oxygens (including phenoxy) is 1. The maximum atomic E-state index is 13.5. The van der Waals surface area contributed by atoms with E-state index in [0.717, 1.165) is 0 Å². The van der Waals surface area contributed by atoms with E-state index in [-0.39, 0.29) is 19.5 Å². The van der Waals surface area contributed by atoms with Crippen LogP contribution in [0.15, 0.2) is 0 Å². The fourth-order valence-corrected chi connectivity index (χ4v) is 2.98. The van der Waals surface area contributed by atoms with Crippen molar-refractivity contribution in [2.45, 2.75) is 64.3 Å². The van der Waals surface area contributed by atoms with Crippen molar-refractivity contribution in [3.63, 3.8) is 0 Å². The highest BCUT2D eigenvalue weighted by atomic mass is 19.4. The molecule has 0 aromatic carbocycles. The van der Waals surface area contributed by atoms with E-state index < -0.39 is 29.8 Å². The first kappa shape index (κ1) is 20.6. The molecule has 1 aliphatic rings. The van der Waals surface area contributed by atoms with E-state index in [1.807, 2.05) is 6.07 Å². The van der Waals surface area contributed by atoms with E-state index in [9.17, 15) is 18.0 Å². The summed E-state index contributed by atoms with van der Waals surface area (Å²) < 4.78 is 45.6. The lowest BCUT2D eigenvalue weighted by molar-refractivity contribution is -0.205. The summed E-state index contributed by atoms with van der Waals surface area (Å²) in [6.07, 6.45) is -3.39. The van der Waals surface area contributed by atoms with Crippen molar-refractivity contribution in [3.05, 3.63) is 0 Å². The second-order valence-corrected chi connectivity index (χ2v) is 7.07. The number of piperidine rings is 1. The molecule has 1 saturated heterocycles. The van der Waals surface area contributed by atoms with Gasteiger partial charge in [0.2, 0.25) is 0 Å². The van der Waals surface area contributed by atoms with Gasteiger partial charge in [0.05, 0.1) is 6.07 Å². The predicted molar refractivity (Wildman–Crippen MR) is 83.2 cm³/mol. The maximum Gasteiger partial charge on any atom is 0.407 e. The summed E-state index contributed by atoms with van der Waals surface area (Å²) in [6, 6.07) is 0.355. The molecule has 1 fully saturated rings. The standard InChI is InChI=1S/C16H26F3N3O2/c1-15(2,3)24-14(23)21-11-12-7-6-10-22(9-5-4-8-20)13(12)16(17,18)19/h12-13H,4-7,9-11H2,1-3H3,(H,21,23)/t12-,13-/m0/s1. The van der Waals surface area contributed by atoms with Crippen LogP contribution >= 0.6 is 0 Å². The van der Waals surface area contributed by atoms with Crippen molar-refractivity contribution >= 4 is 6.09 Å². The van der Waals surface area contributed by atoms with Crippen molar-refractivity contribution in [2.24, 2.45) is 5.92 Å².